The molecule has 0 unspecified atom stereocenters. The predicted molar refractivity (Wildman–Crippen MR) is 120 cm³/mol. The molecule has 1 aromatic carbocycles. The lowest BCUT2D eigenvalue weighted by atomic mass is 9.96. The van der Waals surface area contributed by atoms with E-state index in [0.717, 1.165) is 37.3 Å². The summed E-state index contributed by atoms with van der Waals surface area (Å²) in [5, 5.41) is 9.98. The van der Waals surface area contributed by atoms with Crippen LogP contribution in [0.15, 0.2) is 18.2 Å². The number of amides is 1. The van der Waals surface area contributed by atoms with Crippen LogP contribution in [0.25, 0.3) is 0 Å². The molecule has 0 saturated carbocycles. The molecule has 30 heavy (non-hydrogen) atoms. The molecule has 0 radical (unpaired) electrons. The molecule has 9 heteroatoms. The Balaban J connectivity index is 1.92. The van der Waals surface area contributed by atoms with Gasteiger partial charge in [-0.15, -0.1) is 0 Å². The smallest absolute Gasteiger partial charge is 0.248 e. The number of aromatic nitrogens is 3. The van der Waals surface area contributed by atoms with Crippen LogP contribution >= 0.6 is 0 Å². The first-order chi connectivity index (χ1) is 14.1. The second-order valence-corrected chi connectivity index (χ2v) is 9.05. The van der Waals surface area contributed by atoms with Crippen molar-refractivity contribution < 1.29 is 4.79 Å². The molecule has 1 aromatic heterocycles. The highest BCUT2D eigenvalue weighted by atomic mass is 16.1. The van der Waals surface area contributed by atoms with Gasteiger partial charge in [0.2, 0.25) is 23.8 Å². The molecule has 0 spiro atoms. The van der Waals surface area contributed by atoms with Crippen molar-refractivity contribution in [2.24, 2.45) is 11.1 Å². The summed E-state index contributed by atoms with van der Waals surface area (Å²) in [5.41, 5.74) is 7.64. The minimum atomic E-state index is -0.476. The zero-order chi connectivity index (χ0) is 21.9. The summed E-state index contributed by atoms with van der Waals surface area (Å²) in [4.78, 5) is 27.4. The zero-order valence-electron chi connectivity index (χ0n) is 18.4. The van der Waals surface area contributed by atoms with Gasteiger partial charge in [-0.05, 0) is 43.0 Å². The number of aryl methyl sites for hydroxylation is 1. The molecule has 1 aliphatic rings. The number of nitrogens with two attached hydrogens (primary N) is 1. The number of carbonyl (C=O) groups excluding carboxylic acids is 1. The Labute approximate surface area is 177 Å². The van der Waals surface area contributed by atoms with Gasteiger partial charge in [-0.1, -0.05) is 26.8 Å². The van der Waals surface area contributed by atoms with Crippen LogP contribution in [-0.2, 0) is 0 Å². The first kappa shape index (κ1) is 21.8. The number of anilines is 4. The van der Waals surface area contributed by atoms with E-state index < -0.39 is 5.91 Å². The summed E-state index contributed by atoms with van der Waals surface area (Å²) < 4.78 is 0. The van der Waals surface area contributed by atoms with Crippen molar-refractivity contribution >= 4 is 29.4 Å². The van der Waals surface area contributed by atoms with Crippen molar-refractivity contribution in [2.45, 2.75) is 40.2 Å². The van der Waals surface area contributed by atoms with Crippen LogP contribution in [0.4, 0.5) is 23.5 Å². The van der Waals surface area contributed by atoms with E-state index in [1.165, 1.54) is 0 Å². The first-order valence-electron chi connectivity index (χ1n) is 10.2. The minimum Gasteiger partial charge on any atom is -0.366 e. The first-order valence-corrected chi connectivity index (χ1v) is 10.2. The van der Waals surface area contributed by atoms with Crippen LogP contribution in [-0.4, -0.2) is 53.6 Å². The van der Waals surface area contributed by atoms with Gasteiger partial charge in [0.1, 0.15) is 0 Å². The third-order valence-electron chi connectivity index (χ3n) is 4.84. The molecule has 0 bridgehead atoms. The normalized spacial score (nSPS) is 16.4. The van der Waals surface area contributed by atoms with Crippen LogP contribution < -0.4 is 26.6 Å². The third kappa shape index (κ3) is 5.79. The Hall–Kier alpha value is -2.94. The lowest BCUT2D eigenvalue weighted by Crippen LogP contribution is -2.31. The van der Waals surface area contributed by atoms with Crippen LogP contribution in [0, 0.1) is 12.3 Å². The van der Waals surface area contributed by atoms with Gasteiger partial charge in [0.15, 0.2) is 0 Å². The molecule has 1 saturated heterocycles. The van der Waals surface area contributed by atoms with E-state index in [2.05, 4.69) is 51.7 Å². The van der Waals surface area contributed by atoms with E-state index in [0.29, 0.717) is 23.4 Å². The topological polar surface area (TPSA) is 121 Å². The van der Waals surface area contributed by atoms with Crippen LogP contribution in [0.2, 0.25) is 0 Å². The quantitative estimate of drug-likeness (QED) is 0.546. The van der Waals surface area contributed by atoms with Gasteiger partial charge in [-0.25, -0.2) is 0 Å². The molecule has 3 rings (SSSR count). The Morgan fingerprint density at radius 1 is 1.27 bits per heavy atom. The SMILES string of the molecule is Cc1ccc(C(N)=O)cc1Nc1nc(N[C@@H]2CCNC2)nc(N(C)CC(C)(C)C)n1. The standard InChI is InChI=1S/C21H32N8O/c1-13-6-7-14(17(22)30)10-16(13)25-19-26-18(24-15-8-9-23-11-15)27-20(28-19)29(5)12-21(2,3)4/h6-7,10,15,23H,8-9,11-12H2,1-5H3,(H2,22,30)(H2,24,25,26,27,28)/t15-/m1/s1. The van der Waals surface area contributed by atoms with Gasteiger partial charge in [-0.2, -0.15) is 15.0 Å². The van der Waals surface area contributed by atoms with E-state index in [9.17, 15) is 4.79 Å². The number of hydrogen-bond donors (Lipinski definition) is 4. The molecule has 0 aliphatic carbocycles. The highest BCUT2D eigenvalue weighted by Crippen LogP contribution is 2.24. The molecule has 2 heterocycles. The summed E-state index contributed by atoms with van der Waals surface area (Å²) >= 11 is 0. The van der Waals surface area contributed by atoms with Crippen LogP contribution in [0.1, 0.15) is 43.1 Å². The number of primary amides is 1. The average molecular weight is 413 g/mol. The van der Waals surface area contributed by atoms with Crippen molar-refractivity contribution in [3.8, 4) is 0 Å². The predicted octanol–water partition coefficient (Wildman–Crippen LogP) is 2.28. The molecule has 2 aromatic rings. The molecule has 162 valence electrons. The van der Waals surface area contributed by atoms with Gasteiger partial charge in [0.05, 0.1) is 0 Å². The Kier molecular flexibility index (Phi) is 6.40. The van der Waals surface area contributed by atoms with Gasteiger partial charge in [0, 0.05) is 37.4 Å². The van der Waals surface area contributed by atoms with E-state index in [-0.39, 0.29) is 11.5 Å². The Bertz CT molecular complexity index is 902. The number of hydrogen-bond acceptors (Lipinski definition) is 8. The maximum atomic E-state index is 11.6. The molecule has 1 aliphatic heterocycles. The summed E-state index contributed by atoms with van der Waals surface area (Å²) in [5.74, 6) is 1.05. The van der Waals surface area contributed by atoms with Crippen molar-refractivity contribution in [2.75, 3.05) is 42.2 Å². The van der Waals surface area contributed by atoms with E-state index in [1.54, 1.807) is 12.1 Å². The third-order valence-corrected chi connectivity index (χ3v) is 4.84. The van der Waals surface area contributed by atoms with Crippen LogP contribution in [0.3, 0.4) is 0 Å². The Morgan fingerprint density at radius 3 is 2.63 bits per heavy atom. The fourth-order valence-corrected chi connectivity index (χ4v) is 3.43. The molecule has 1 amide bonds. The fraction of sp³-hybridized carbons (Fsp3) is 0.524. The van der Waals surface area contributed by atoms with E-state index in [1.807, 2.05) is 24.9 Å². The minimum absolute atomic E-state index is 0.0876. The summed E-state index contributed by atoms with van der Waals surface area (Å²) in [6.45, 7) is 11.1. The monoisotopic (exact) mass is 412 g/mol. The van der Waals surface area contributed by atoms with E-state index >= 15 is 0 Å². The van der Waals surface area contributed by atoms with Gasteiger partial charge >= 0.3 is 0 Å². The second kappa shape index (κ2) is 8.83. The highest BCUT2D eigenvalue weighted by molar-refractivity contribution is 5.94. The molecule has 1 fully saturated rings. The van der Waals surface area contributed by atoms with Gasteiger partial charge < -0.3 is 26.6 Å². The Morgan fingerprint density at radius 2 is 2.00 bits per heavy atom. The number of carbonyl (C=O) groups is 1. The highest BCUT2D eigenvalue weighted by Gasteiger charge is 2.20. The molecule has 1 atom stereocenters. The molecular weight excluding hydrogens is 380 g/mol. The summed E-state index contributed by atoms with van der Waals surface area (Å²) in [6.07, 6.45) is 1.02. The van der Waals surface area contributed by atoms with Crippen molar-refractivity contribution in [3.05, 3.63) is 29.3 Å². The van der Waals surface area contributed by atoms with Gasteiger partial charge in [0.25, 0.3) is 0 Å². The summed E-state index contributed by atoms with van der Waals surface area (Å²) in [6, 6.07) is 5.55. The van der Waals surface area contributed by atoms with Crippen molar-refractivity contribution in [3.63, 3.8) is 0 Å². The number of rotatable bonds is 7. The van der Waals surface area contributed by atoms with Gasteiger partial charge in [-0.3, -0.25) is 4.79 Å². The fourth-order valence-electron chi connectivity index (χ4n) is 3.43. The van der Waals surface area contributed by atoms with Crippen molar-refractivity contribution in [1.82, 2.24) is 20.3 Å². The average Bonchev–Trinajstić information content (AvgIpc) is 3.14. The zero-order valence-corrected chi connectivity index (χ0v) is 18.4. The second-order valence-electron chi connectivity index (χ2n) is 9.05. The molecule has 5 N–H and O–H groups in total. The number of benzene rings is 1. The maximum Gasteiger partial charge on any atom is 0.248 e. The van der Waals surface area contributed by atoms with E-state index in [4.69, 9.17) is 5.73 Å². The molecular formula is C21H32N8O. The lowest BCUT2D eigenvalue weighted by Gasteiger charge is -2.27. The lowest BCUT2D eigenvalue weighted by molar-refractivity contribution is 0.100. The van der Waals surface area contributed by atoms with Crippen LogP contribution in [0.5, 0.6) is 0 Å². The largest absolute Gasteiger partial charge is 0.366 e. The number of nitrogens with zero attached hydrogens (tertiary/aromatic N) is 4. The molecule has 9 nitrogen and oxygen atoms in total. The van der Waals surface area contributed by atoms with Crippen molar-refractivity contribution in [1.29, 1.82) is 0 Å². The number of nitrogens with one attached hydrogen (secondary N) is 3. The maximum absolute atomic E-state index is 11.6. The summed E-state index contributed by atoms with van der Waals surface area (Å²) in [7, 11) is 1.98.